The fraction of sp³-hybridized carbons (Fsp3) is 0.600. The second kappa shape index (κ2) is 11.0. The Labute approximate surface area is 204 Å². The number of carboxylic acids is 1. The predicted molar refractivity (Wildman–Crippen MR) is 125 cm³/mol. The van der Waals surface area contributed by atoms with Crippen molar-refractivity contribution < 1.29 is 33.9 Å². The lowest BCUT2D eigenvalue weighted by Crippen LogP contribution is -2.74. The molecule has 1 aromatic heterocycles. The molecule has 2 aliphatic heterocycles. The summed E-state index contributed by atoms with van der Waals surface area (Å²) < 4.78 is 5.25. The largest absolute Gasteiger partial charge is 0.481 e. The van der Waals surface area contributed by atoms with Gasteiger partial charge in [0.25, 0.3) is 5.91 Å². The van der Waals surface area contributed by atoms with Crippen LogP contribution in [0.25, 0.3) is 0 Å². The molecule has 2 fully saturated rings. The maximum Gasteiger partial charge on any atom is 0.315 e. The predicted octanol–water partition coefficient (Wildman–Crippen LogP) is 0.670. The molecule has 1 aromatic rings. The van der Waals surface area contributed by atoms with E-state index in [-0.39, 0.29) is 41.9 Å². The van der Waals surface area contributed by atoms with Gasteiger partial charge in [-0.3, -0.25) is 19.2 Å². The van der Waals surface area contributed by atoms with Crippen LogP contribution in [0.2, 0.25) is 0 Å². The summed E-state index contributed by atoms with van der Waals surface area (Å²) in [6.07, 6.45) is 2.75. The Morgan fingerprint density at radius 2 is 2.18 bits per heavy atom. The number of nitrogens with zero attached hydrogens (tertiary/aromatic N) is 3. The van der Waals surface area contributed by atoms with Crippen LogP contribution in [-0.4, -0.2) is 81.9 Å². The molecule has 2 saturated heterocycles. The molecular weight excluding hydrogens is 486 g/mol. The van der Waals surface area contributed by atoms with Crippen molar-refractivity contribution in [2.45, 2.75) is 44.0 Å². The zero-order valence-corrected chi connectivity index (χ0v) is 20.4. The molecule has 3 atom stereocenters. The molecule has 34 heavy (non-hydrogen) atoms. The second-order valence-corrected chi connectivity index (χ2v) is 10.0. The molecule has 0 radical (unpaired) electrons. The smallest absolute Gasteiger partial charge is 0.315 e. The van der Waals surface area contributed by atoms with E-state index in [9.17, 15) is 24.3 Å². The lowest BCUT2D eigenvalue weighted by molar-refractivity contribution is -0.165. The summed E-state index contributed by atoms with van der Waals surface area (Å²) in [7, 11) is 1.28. The Balaban J connectivity index is 1.62. The number of aliphatic carboxylic acids is 1. The molecule has 186 valence electrons. The average Bonchev–Trinajstić information content (AvgIpc) is 3.25. The number of unbranched alkanes of at least 4 members (excludes halogenated alkanes) is 2. The van der Waals surface area contributed by atoms with Crippen LogP contribution < -0.4 is 11.1 Å². The summed E-state index contributed by atoms with van der Waals surface area (Å²) in [5.41, 5.74) is 4.30. The van der Waals surface area contributed by atoms with E-state index in [1.807, 2.05) is 6.92 Å². The minimum atomic E-state index is -1.41. The number of hydrogen-bond acceptors (Lipinski definition) is 11. The number of aromatic nitrogens is 1. The van der Waals surface area contributed by atoms with Crippen molar-refractivity contribution in [3.63, 3.8) is 0 Å². The molecule has 0 spiro atoms. The van der Waals surface area contributed by atoms with Gasteiger partial charge < -0.3 is 30.6 Å². The van der Waals surface area contributed by atoms with E-state index in [1.54, 1.807) is 5.38 Å². The first-order valence-corrected chi connectivity index (χ1v) is 12.6. The van der Waals surface area contributed by atoms with Gasteiger partial charge in [-0.25, -0.2) is 4.98 Å². The number of oxime groups is 1. The number of nitrogen functional groups attached to an aromatic ring is 1. The standard InChI is InChI=1S/C20H27N5O7S2/c1-3-4-5-6-12(26)32-9-20(18(29)30)8-25-16(28)14(17(25)34-10-20)23-15(27)13(24-31-2)11-7-33-19(21)22-11/h7,14,17H,3-6,8-10H2,1-2H3,(H2,21,22)(H,23,27)(H,29,30)/t14?,17-,20?/m1/s1. The van der Waals surface area contributed by atoms with Crippen LogP contribution in [0.15, 0.2) is 10.5 Å². The van der Waals surface area contributed by atoms with Crippen molar-refractivity contribution in [1.29, 1.82) is 0 Å². The second-order valence-electron chi connectivity index (χ2n) is 8.02. The van der Waals surface area contributed by atoms with E-state index < -0.39 is 40.6 Å². The fourth-order valence-electron chi connectivity index (χ4n) is 3.62. The highest BCUT2D eigenvalue weighted by Gasteiger charge is 2.58. The zero-order valence-electron chi connectivity index (χ0n) is 18.8. The summed E-state index contributed by atoms with van der Waals surface area (Å²) >= 11 is 2.34. The Morgan fingerprint density at radius 3 is 2.79 bits per heavy atom. The number of hydrogen-bond donors (Lipinski definition) is 3. The number of fused-ring (bicyclic) bond motifs is 1. The minimum Gasteiger partial charge on any atom is -0.481 e. The highest BCUT2D eigenvalue weighted by molar-refractivity contribution is 8.00. The number of esters is 1. The van der Waals surface area contributed by atoms with Gasteiger partial charge in [0.1, 0.15) is 36.2 Å². The van der Waals surface area contributed by atoms with E-state index in [4.69, 9.17) is 15.3 Å². The number of ether oxygens (including phenoxy) is 1. The molecule has 0 bridgehead atoms. The van der Waals surface area contributed by atoms with E-state index in [0.29, 0.717) is 6.42 Å². The van der Waals surface area contributed by atoms with Crippen LogP contribution in [0.3, 0.4) is 0 Å². The third kappa shape index (κ3) is 5.43. The monoisotopic (exact) mass is 513 g/mol. The van der Waals surface area contributed by atoms with Gasteiger partial charge in [0.05, 0.1) is 0 Å². The van der Waals surface area contributed by atoms with Gasteiger partial charge in [-0.1, -0.05) is 24.9 Å². The molecule has 0 saturated carbocycles. The molecule has 2 unspecified atom stereocenters. The first-order chi connectivity index (χ1) is 16.2. The van der Waals surface area contributed by atoms with Crippen LogP contribution in [0.4, 0.5) is 5.13 Å². The summed E-state index contributed by atoms with van der Waals surface area (Å²) in [6, 6.07) is -0.862. The normalized spacial score (nSPS) is 24.1. The average molecular weight is 514 g/mol. The number of β-lactam (4-membered cyclic amide) rings is 1. The Morgan fingerprint density at radius 1 is 1.41 bits per heavy atom. The number of thioether (sulfide) groups is 1. The molecular formula is C20H27N5O7S2. The van der Waals surface area contributed by atoms with E-state index in [1.165, 1.54) is 23.8 Å². The summed E-state index contributed by atoms with van der Waals surface area (Å²) in [6.45, 7) is 1.58. The number of thiazole rings is 1. The molecule has 4 N–H and O–H groups in total. The number of amides is 2. The van der Waals surface area contributed by atoms with Gasteiger partial charge in [-0.15, -0.1) is 23.1 Å². The Hall–Kier alpha value is -2.87. The molecule has 12 nitrogen and oxygen atoms in total. The van der Waals surface area contributed by atoms with Gasteiger partial charge in [-0.2, -0.15) is 0 Å². The Bertz CT molecular complexity index is 984. The Kier molecular flexibility index (Phi) is 8.36. The van der Waals surface area contributed by atoms with Crippen molar-refractivity contribution in [1.82, 2.24) is 15.2 Å². The van der Waals surface area contributed by atoms with Gasteiger partial charge >= 0.3 is 11.9 Å². The number of rotatable bonds is 11. The van der Waals surface area contributed by atoms with Crippen molar-refractivity contribution >= 4 is 57.7 Å². The first kappa shape index (κ1) is 25.7. The summed E-state index contributed by atoms with van der Waals surface area (Å²) in [5, 5.41) is 17.5. The van der Waals surface area contributed by atoms with Crippen LogP contribution in [-0.2, 0) is 28.8 Å². The molecule has 14 heteroatoms. The van der Waals surface area contributed by atoms with Crippen molar-refractivity contribution in [3.8, 4) is 0 Å². The van der Waals surface area contributed by atoms with Crippen molar-refractivity contribution in [2.24, 2.45) is 10.6 Å². The quantitative estimate of drug-likeness (QED) is 0.125. The van der Waals surface area contributed by atoms with E-state index >= 15 is 0 Å². The summed E-state index contributed by atoms with van der Waals surface area (Å²) in [4.78, 5) is 59.7. The molecule has 0 aliphatic carbocycles. The lowest BCUT2D eigenvalue weighted by Gasteiger charge is -2.53. The number of nitrogens with two attached hydrogens (primary N) is 1. The first-order valence-electron chi connectivity index (χ1n) is 10.7. The van der Waals surface area contributed by atoms with Crippen molar-refractivity contribution in [2.75, 3.05) is 31.7 Å². The van der Waals surface area contributed by atoms with Crippen LogP contribution in [0.1, 0.15) is 38.3 Å². The topological polar surface area (TPSA) is 174 Å². The minimum absolute atomic E-state index is 0.116. The maximum absolute atomic E-state index is 12.8. The third-order valence-corrected chi connectivity index (χ3v) is 7.80. The van der Waals surface area contributed by atoms with Crippen LogP contribution in [0, 0.1) is 5.41 Å². The van der Waals surface area contributed by atoms with E-state index in [0.717, 1.165) is 24.2 Å². The number of carboxylic acid groups (broad SMARTS) is 1. The van der Waals surface area contributed by atoms with Gasteiger partial charge in [0.15, 0.2) is 10.8 Å². The SMILES string of the molecule is CCCCCC(=O)OCC1(C(=O)O)CS[C@@H]2C(NC(=O)C(=NOC)c3csc(N)n3)C(=O)N2C1. The summed E-state index contributed by atoms with van der Waals surface area (Å²) in [5.74, 6) is -2.57. The molecule has 0 aromatic carbocycles. The van der Waals surface area contributed by atoms with Gasteiger partial charge in [0.2, 0.25) is 5.91 Å². The molecule has 3 heterocycles. The molecule has 2 amide bonds. The maximum atomic E-state index is 12.8. The molecule has 2 aliphatic rings. The number of carbonyl (C=O) groups excluding carboxylic acids is 3. The zero-order chi connectivity index (χ0) is 24.9. The number of nitrogens with one attached hydrogen (secondary N) is 1. The van der Waals surface area contributed by atoms with Crippen LogP contribution in [0.5, 0.6) is 0 Å². The third-order valence-electron chi connectivity index (χ3n) is 5.54. The van der Waals surface area contributed by atoms with Gasteiger partial charge in [-0.05, 0) is 6.42 Å². The highest BCUT2D eigenvalue weighted by atomic mass is 32.2. The van der Waals surface area contributed by atoms with Gasteiger partial charge in [0, 0.05) is 24.1 Å². The fourth-order valence-corrected chi connectivity index (χ4v) is 5.69. The molecule has 3 rings (SSSR count). The van der Waals surface area contributed by atoms with E-state index in [2.05, 4.69) is 15.5 Å². The number of anilines is 1. The lowest BCUT2D eigenvalue weighted by atomic mass is 9.88. The van der Waals surface area contributed by atoms with Crippen molar-refractivity contribution in [3.05, 3.63) is 11.1 Å². The van der Waals surface area contributed by atoms with Crippen LogP contribution >= 0.6 is 23.1 Å². The number of carbonyl (C=O) groups is 4. The highest BCUT2D eigenvalue weighted by Crippen LogP contribution is 2.42.